The molecule has 1 rings (SSSR count). The van der Waals surface area contributed by atoms with Crippen molar-refractivity contribution in [2.75, 3.05) is 19.6 Å². The fourth-order valence-electron chi connectivity index (χ4n) is 1.90. The molecule has 1 aromatic carbocycles. The summed E-state index contributed by atoms with van der Waals surface area (Å²) in [6, 6.07) is 4.98. The summed E-state index contributed by atoms with van der Waals surface area (Å²) in [5.41, 5.74) is 0.619. The van der Waals surface area contributed by atoms with Gasteiger partial charge in [-0.2, -0.15) is 0 Å². The average Bonchev–Trinajstić information content (AvgIpc) is 2.37. The first-order valence-corrected chi connectivity index (χ1v) is 6.84. The molecule has 0 fully saturated rings. The van der Waals surface area contributed by atoms with Crippen molar-refractivity contribution in [3.63, 3.8) is 0 Å². The number of halogens is 2. The highest BCUT2D eigenvalue weighted by molar-refractivity contribution is 6.30. The Morgan fingerprint density at radius 3 is 2.61 bits per heavy atom. The summed E-state index contributed by atoms with van der Waals surface area (Å²) in [5.74, 6) is -0.207. The fraction of sp³-hybridized carbons (Fsp3) is 0.571. The van der Waals surface area contributed by atoms with Crippen molar-refractivity contribution < 1.29 is 4.39 Å². The molecular weight excluding hydrogens is 251 g/mol. The molecule has 1 aromatic rings. The molecule has 1 N–H and O–H groups in total. The van der Waals surface area contributed by atoms with E-state index >= 15 is 0 Å². The summed E-state index contributed by atoms with van der Waals surface area (Å²) in [6.45, 7) is 9.95. The Morgan fingerprint density at radius 2 is 2.00 bits per heavy atom. The van der Waals surface area contributed by atoms with Gasteiger partial charge in [0.15, 0.2) is 0 Å². The summed E-state index contributed by atoms with van der Waals surface area (Å²) in [6.07, 6.45) is 0. The number of nitrogens with one attached hydrogen (secondary N) is 1. The third-order valence-electron chi connectivity index (χ3n) is 3.08. The lowest BCUT2D eigenvalue weighted by atomic mass is 10.2. The summed E-state index contributed by atoms with van der Waals surface area (Å²) >= 11 is 5.86. The molecule has 102 valence electrons. The highest BCUT2D eigenvalue weighted by Crippen LogP contribution is 2.14. The molecule has 0 spiro atoms. The van der Waals surface area contributed by atoms with Crippen molar-refractivity contribution >= 4 is 11.6 Å². The Bertz CT molecular complexity index is 367. The summed E-state index contributed by atoms with van der Waals surface area (Å²) in [4.78, 5) is 2.34. The average molecular weight is 273 g/mol. The van der Waals surface area contributed by atoms with Gasteiger partial charge in [0, 0.05) is 29.7 Å². The van der Waals surface area contributed by atoms with Crippen LogP contribution >= 0.6 is 11.6 Å². The van der Waals surface area contributed by atoms with Gasteiger partial charge in [0.05, 0.1) is 0 Å². The van der Waals surface area contributed by atoms with Gasteiger partial charge in [0.2, 0.25) is 0 Å². The SMILES string of the molecule is CCN(CC)CC(C)NCc1cc(Cl)ccc1F. The Balaban J connectivity index is 2.46. The van der Waals surface area contributed by atoms with E-state index in [1.165, 1.54) is 6.07 Å². The van der Waals surface area contributed by atoms with Gasteiger partial charge >= 0.3 is 0 Å². The van der Waals surface area contributed by atoms with Crippen molar-refractivity contribution in [2.45, 2.75) is 33.4 Å². The van der Waals surface area contributed by atoms with Gasteiger partial charge < -0.3 is 10.2 Å². The lowest BCUT2D eigenvalue weighted by molar-refractivity contribution is 0.270. The van der Waals surface area contributed by atoms with Crippen molar-refractivity contribution in [2.24, 2.45) is 0 Å². The number of nitrogens with zero attached hydrogens (tertiary/aromatic N) is 1. The van der Waals surface area contributed by atoms with Crippen LogP contribution in [-0.4, -0.2) is 30.6 Å². The summed E-state index contributed by atoms with van der Waals surface area (Å²) in [7, 11) is 0. The van der Waals surface area contributed by atoms with Crippen LogP contribution in [0.25, 0.3) is 0 Å². The molecule has 2 nitrogen and oxygen atoms in total. The van der Waals surface area contributed by atoms with Gasteiger partial charge in [-0.3, -0.25) is 0 Å². The lowest BCUT2D eigenvalue weighted by Crippen LogP contribution is -2.38. The molecule has 4 heteroatoms. The van der Waals surface area contributed by atoms with Gasteiger partial charge in [0.25, 0.3) is 0 Å². The number of rotatable bonds is 7. The molecule has 0 saturated heterocycles. The predicted molar refractivity (Wildman–Crippen MR) is 75.5 cm³/mol. The molecular formula is C14H22ClFN2. The third kappa shape index (κ3) is 4.92. The lowest BCUT2D eigenvalue weighted by Gasteiger charge is -2.23. The van der Waals surface area contributed by atoms with E-state index in [9.17, 15) is 4.39 Å². The van der Waals surface area contributed by atoms with E-state index in [1.807, 2.05) is 0 Å². The zero-order valence-corrected chi connectivity index (χ0v) is 12.1. The minimum atomic E-state index is -0.207. The quantitative estimate of drug-likeness (QED) is 0.819. The molecule has 0 saturated carbocycles. The largest absolute Gasteiger partial charge is 0.309 e. The molecule has 0 radical (unpaired) electrons. The maximum Gasteiger partial charge on any atom is 0.127 e. The van der Waals surface area contributed by atoms with E-state index in [0.29, 0.717) is 23.2 Å². The van der Waals surface area contributed by atoms with E-state index in [1.54, 1.807) is 12.1 Å². The molecule has 0 aliphatic carbocycles. The molecule has 1 atom stereocenters. The van der Waals surface area contributed by atoms with Crippen molar-refractivity contribution in [3.8, 4) is 0 Å². The van der Waals surface area contributed by atoms with Gasteiger partial charge in [-0.15, -0.1) is 0 Å². The Morgan fingerprint density at radius 1 is 1.33 bits per heavy atom. The van der Waals surface area contributed by atoms with Crippen LogP contribution in [0.2, 0.25) is 5.02 Å². The van der Waals surface area contributed by atoms with Crippen molar-refractivity contribution in [1.29, 1.82) is 0 Å². The van der Waals surface area contributed by atoms with Gasteiger partial charge in [-0.25, -0.2) is 4.39 Å². The number of benzene rings is 1. The first kappa shape index (κ1) is 15.4. The second-order valence-electron chi connectivity index (χ2n) is 4.50. The van der Waals surface area contributed by atoms with Gasteiger partial charge in [-0.1, -0.05) is 25.4 Å². The molecule has 0 amide bonds. The third-order valence-corrected chi connectivity index (χ3v) is 3.31. The number of likely N-dealkylation sites (N-methyl/N-ethyl adjacent to an activating group) is 1. The number of hydrogen-bond acceptors (Lipinski definition) is 2. The maximum absolute atomic E-state index is 13.5. The predicted octanol–water partition coefficient (Wildman–Crippen LogP) is 3.30. The first-order chi connectivity index (χ1) is 8.56. The van der Waals surface area contributed by atoms with Crippen LogP contribution in [0.1, 0.15) is 26.3 Å². The number of hydrogen-bond donors (Lipinski definition) is 1. The smallest absolute Gasteiger partial charge is 0.127 e. The first-order valence-electron chi connectivity index (χ1n) is 6.46. The van der Waals surface area contributed by atoms with Crippen LogP contribution in [0.5, 0.6) is 0 Å². The zero-order chi connectivity index (χ0) is 13.5. The Hall–Kier alpha value is -0.640. The van der Waals surface area contributed by atoms with Crippen LogP contribution < -0.4 is 5.32 Å². The second kappa shape index (κ2) is 7.72. The summed E-state index contributed by atoms with van der Waals surface area (Å²) < 4.78 is 13.5. The van der Waals surface area contributed by atoms with Crippen LogP contribution in [0, 0.1) is 5.82 Å². The van der Waals surface area contributed by atoms with Crippen molar-refractivity contribution in [3.05, 3.63) is 34.6 Å². The van der Waals surface area contributed by atoms with E-state index in [-0.39, 0.29) is 5.82 Å². The molecule has 18 heavy (non-hydrogen) atoms. The summed E-state index contributed by atoms with van der Waals surface area (Å²) in [5, 5.41) is 3.90. The molecule has 0 aromatic heterocycles. The van der Waals surface area contributed by atoms with E-state index in [4.69, 9.17) is 11.6 Å². The van der Waals surface area contributed by atoms with Crippen LogP contribution in [0.15, 0.2) is 18.2 Å². The Labute approximate surface area is 114 Å². The zero-order valence-electron chi connectivity index (χ0n) is 11.3. The standard InChI is InChI=1S/C14H22ClFN2/c1-4-18(5-2)10-11(3)17-9-12-8-13(15)6-7-14(12)16/h6-8,11,17H,4-5,9-10H2,1-3H3. The fourth-order valence-corrected chi connectivity index (χ4v) is 2.09. The van der Waals surface area contributed by atoms with Crippen LogP contribution in [0.4, 0.5) is 4.39 Å². The van der Waals surface area contributed by atoms with E-state index < -0.39 is 0 Å². The van der Waals surface area contributed by atoms with E-state index in [2.05, 4.69) is 31.0 Å². The molecule has 0 aliphatic heterocycles. The monoisotopic (exact) mass is 272 g/mol. The molecule has 0 bridgehead atoms. The van der Waals surface area contributed by atoms with Gasteiger partial charge in [-0.05, 0) is 38.2 Å². The maximum atomic E-state index is 13.5. The van der Waals surface area contributed by atoms with Crippen molar-refractivity contribution in [1.82, 2.24) is 10.2 Å². The van der Waals surface area contributed by atoms with Crippen LogP contribution in [0.3, 0.4) is 0 Å². The second-order valence-corrected chi connectivity index (χ2v) is 4.94. The topological polar surface area (TPSA) is 15.3 Å². The molecule has 0 heterocycles. The Kier molecular flexibility index (Phi) is 6.61. The minimum Gasteiger partial charge on any atom is -0.309 e. The highest BCUT2D eigenvalue weighted by Gasteiger charge is 2.08. The van der Waals surface area contributed by atoms with Gasteiger partial charge in [0.1, 0.15) is 5.82 Å². The molecule has 1 unspecified atom stereocenters. The minimum absolute atomic E-state index is 0.207. The van der Waals surface area contributed by atoms with E-state index in [0.717, 1.165) is 19.6 Å². The highest BCUT2D eigenvalue weighted by atomic mass is 35.5. The van der Waals surface area contributed by atoms with Crippen LogP contribution in [-0.2, 0) is 6.54 Å². The normalized spacial score (nSPS) is 13.0. The molecule has 0 aliphatic rings.